The molecule has 1 aliphatic heterocycles. The zero-order chi connectivity index (χ0) is 14.8. The maximum absolute atomic E-state index is 12.3. The summed E-state index contributed by atoms with van der Waals surface area (Å²) in [5, 5.41) is 6.86. The Morgan fingerprint density at radius 2 is 2.29 bits per heavy atom. The average Bonchev–Trinajstić information content (AvgIpc) is 3.08. The van der Waals surface area contributed by atoms with Gasteiger partial charge in [-0.05, 0) is 24.6 Å². The number of halogens is 2. The van der Waals surface area contributed by atoms with Gasteiger partial charge in [-0.3, -0.25) is 4.79 Å². The fraction of sp³-hybridized carbons (Fsp3) is 0.286. The highest BCUT2D eigenvalue weighted by Gasteiger charge is 2.26. The summed E-state index contributed by atoms with van der Waals surface area (Å²) in [6.45, 7) is 1.66. The molecule has 1 N–H and O–H groups in total. The number of hydrogen-bond acceptors (Lipinski definition) is 4. The second-order valence-corrected chi connectivity index (χ2v) is 6.56. The number of benzene rings is 1. The van der Waals surface area contributed by atoms with E-state index in [1.165, 1.54) is 0 Å². The molecule has 1 fully saturated rings. The first-order valence-corrected chi connectivity index (χ1v) is 8.17. The fourth-order valence-corrected chi connectivity index (χ4v) is 3.54. The fourth-order valence-electron chi connectivity index (χ4n) is 2.36. The SMILES string of the molecule is O=C(N[C@@H]1CCN(c2nccs2)C1)c1ccc(Cl)cc1Cl. The second-order valence-electron chi connectivity index (χ2n) is 4.84. The molecule has 110 valence electrons. The molecule has 0 aliphatic carbocycles. The van der Waals surface area contributed by atoms with Gasteiger partial charge in [0.1, 0.15) is 0 Å². The first kappa shape index (κ1) is 14.6. The maximum atomic E-state index is 12.3. The molecule has 2 aromatic rings. The van der Waals surface area contributed by atoms with Crippen molar-refractivity contribution in [3.63, 3.8) is 0 Å². The molecular formula is C14H13Cl2N3OS. The van der Waals surface area contributed by atoms with Crippen LogP contribution < -0.4 is 10.2 Å². The Kier molecular flexibility index (Phi) is 4.33. The van der Waals surface area contributed by atoms with Crippen molar-refractivity contribution < 1.29 is 4.79 Å². The van der Waals surface area contributed by atoms with Crippen molar-refractivity contribution in [2.45, 2.75) is 12.5 Å². The Balaban J connectivity index is 1.63. The molecular weight excluding hydrogens is 329 g/mol. The Hall–Kier alpha value is -1.30. The lowest BCUT2D eigenvalue weighted by atomic mass is 10.2. The van der Waals surface area contributed by atoms with Crippen LogP contribution in [0.2, 0.25) is 10.0 Å². The van der Waals surface area contributed by atoms with Crippen LogP contribution in [-0.2, 0) is 0 Å². The van der Waals surface area contributed by atoms with Gasteiger partial charge in [0.05, 0.1) is 10.6 Å². The predicted molar refractivity (Wildman–Crippen MR) is 86.7 cm³/mol. The van der Waals surface area contributed by atoms with Crippen LogP contribution in [0.15, 0.2) is 29.8 Å². The summed E-state index contributed by atoms with van der Waals surface area (Å²) in [7, 11) is 0. The molecule has 2 heterocycles. The van der Waals surface area contributed by atoms with E-state index in [0.717, 1.165) is 24.6 Å². The van der Waals surface area contributed by atoms with E-state index in [9.17, 15) is 4.79 Å². The quantitative estimate of drug-likeness (QED) is 0.929. The van der Waals surface area contributed by atoms with Gasteiger partial charge in [0.15, 0.2) is 5.13 Å². The molecule has 0 bridgehead atoms. The third kappa shape index (κ3) is 3.31. The van der Waals surface area contributed by atoms with Gasteiger partial charge in [0.2, 0.25) is 0 Å². The van der Waals surface area contributed by atoms with Gasteiger partial charge in [-0.15, -0.1) is 11.3 Å². The number of nitrogens with zero attached hydrogens (tertiary/aromatic N) is 2. The topological polar surface area (TPSA) is 45.2 Å². The van der Waals surface area contributed by atoms with E-state index in [1.807, 2.05) is 5.38 Å². The summed E-state index contributed by atoms with van der Waals surface area (Å²) in [5.41, 5.74) is 0.453. The van der Waals surface area contributed by atoms with E-state index in [2.05, 4.69) is 15.2 Å². The molecule has 7 heteroatoms. The lowest BCUT2D eigenvalue weighted by Gasteiger charge is -2.16. The summed E-state index contributed by atoms with van der Waals surface area (Å²) < 4.78 is 0. The lowest BCUT2D eigenvalue weighted by Crippen LogP contribution is -2.37. The van der Waals surface area contributed by atoms with Gasteiger partial charge in [0, 0.05) is 35.7 Å². The van der Waals surface area contributed by atoms with Crippen molar-refractivity contribution in [2.75, 3.05) is 18.0 Å². The van der Waals surface area contributed by atoms with Crippen molar-refractivity contribution in [2.24, 2.45) is 0 Å². The number of nitrogens with one attached hydrogen (secondary N) is 1. The van der Waals surface area contributed by atoms with Gasteiger partial charge in [-0.1, -0.05) is 23.2 Å². The zero-order valence-corrected chi connectivity index (χ0v) is 13.4. The summed E-state index contributed by atoms with van der Waals surface area (Å²) >= 11 is 13.5. The van der Waals surface area contributed by atoms with Crippen LogP contribution in [0.4, 0.5) is 5.13 Å². The number of hydrogen-bond donors (Lipinski definition) is 1. The lowest BCUT2D eigenvalue weighted by molar-refractivity contribution is 0.0940. The molecule has 1 atom stereocenters. The standard InChI is InChI=1S/C14H13Cl2N3OS/c15-9-1-2-11(12(16)7-9)13(20)18-10-3-5-19(8-10)14-17-4-6-21-14/h1-2,4,6-7,10H,3,5,8H2,(H,18,20)/t10-/m1/s1. The van der Waals surface area contributed by atoms with Crippen molar-refractivity contribution >= 4 is 45.6 Å². The summed E-state index contributed by atoms with van der Waals surface area (Å²) in [6, 6.07) is 4.99. The molecule has 21 heavy (non-hydrogen) atoms. The van der Waals surface area contributed by atoms with E-state index in [-0.39, 0.29) is 11.9 Å². The third-order valence-electron chi connectivity index (χ3n) is 3.39. The molecule has 0 radical (unpaired) electrons. The molecule has 1 aromatic carbocycles. The number of thiazole rings is 1. The molecule has 0 saturated carbocycles. The molecule has 1 amide bonds. The second kappa shape index (κ2) is 6.22. The number of carbonyl (C=O) groups is 1. The van der Waals surface area contributed by atoms with Crippen LogP contribution in [0.3, 0.4) is 0 Å². The normalized spacial score (nSPS) is 18.0. The van der Waals surface area contributed by atoms with Gasteiger partial charge < -0.3 is 10.2 Å². The summed E-state index contributed by atoms with van der Waals surface area (Å²) in [6.07, 6.45) is 2.69. The third-order valence-corrected chi connectivity index (χ3v) is 4.77. The van der Waals surface area contributed by atoms with Crippen LogP contribution >= 0.6 is 34.5 Å². The first-order valence-electron chi connectivity index (χ1n) is 6.54. The zero-order valence-electron chi connectivity index (χ0n) is 11.1. The summed E-state index contributed by atoms with van der Waals surface area (Å²) in [4.78, 5) is 18.7. The van der Waals surface area contributed by atoms with E-state index < -0.39 is 0 Å². The molecule has 1 aliphatic rings. The Morgan fingerprint density at radius 3 is 3.00 bits per heavy atom. The minimum absolute atomic E-state index is 0.105. The number of amides is 1. The number of rotatable bonds is 3. The Bertz CT molecular complexity index is 648. The molecule has 1 saturated heterocycles. The van der Waals surface area contributed by atoms with Crippen LogP contribution in [0.1, 0.15) is 16.8 Å². The van der Waals surface area contributed by atoms with Gasteiger partial charge >= 0.3 is 0 Å². The van der Waals surface area contributed by atoms with Gasteiger partial charge in [-0.25, -0.2) is 4.98 Å². The molecule has 4 nitrogen and oxygen atoms in total. The summed E-state index contributed by atoms with van der Waals surface area (Å²) in [5.74, 6) is -0.164. The number of aromatic nitrogens is 1. The van der Waals surface area contributed by atoms with Crippen LogP contribution in [0, 0.1) is 0 Å². The van der Waals surface area contributed by atoms with Crippen LogP contribution in [-0.4, -0.2) is 30.0 Å². The van der Waals surface area contributed by atoms with Crippen molar-refractivity contribution in [3.05, 3.63) is 45.4 Å². The Labute approximate surface area is 136 Å². The minimum Gasteiger partial charge on any atom is -0.347 e. The number of carbonyl (C=O) groups excluding carboxylic acids is 1. The largest absolute Gasteiger partial charge is 0.347 e. The first-order chi connectivity index (χ1) is 10.1. The predicted octanol–water partition coefficient (Wildman–Crippen LogP) is 3.46. The molecule has 3 rings (SSSR count). The van der Waals surface area contributed by atoms with E-state index >= 15 is 0 Å². The maximum Gasteiger partial charge on any atom is 0.253 e. The average molecular weight is 342 g/mol. The highest BCUT2D eigenvalue weighted by molar-refractivity contribution is 7.13. The van der Waals surface area contributed by atoms with Gasteiger partial charge in [-0.2, -0.15) is 0 Å². The highest BCUT2D eigenvalue weighted by Crippen LogP contribution is 2.24. The smallest absolute Gasteiger partial charge is 0.253 e. The van der Waals surface area contributed by atoms with E-state index in [4.69, 9.17) is 23.2 Å². The number of anilines is 1. The van der Waals surface area contributed by atoms with Crippen molar-refractivity contribution in [1.29, 1.82) is 0 Å². The Morgan fingerprint density at radius 1 is 1.43 bits per heavy atom. The molecule has 0 unspecified atom stereocenters. The highest BCUT2D eigenvalue weighted by atomic mass is 35.5. The van der Waals surface area contributed by atoms with Crippen molar-refractivity contribution in [3.8, 4) is 0 Å². The van der Waals surface area contributed by atoms with Crippen molar-refractivity contribution in [1.82, 2.24) is 10.3 Å². The van der Waals surface area contributed by atoms with Crippen LogP contribution in [0.5, 0.6) is 0 Å². The van der Waals surface area contributed by atoms with E-state index in [0.29, 0.717) is 15.6 Å². The van der Waals surface area contributed by atoms with Gasteiger partial charge in [0.25, 0.3) is 5.91 Å². The minimum atomic E-state index is -0.164. The monoisotopic (exact) mass is 341 g/mol. The van der Waals surface area contributed by atoms with E-state index in [1.54, 1.807) is 35.7 Å². The van der Waals surface area contributed by atoms with Crippen LogP contribution in [0.25, 0.3) is 0 Å². The molecule has 1 aromatic heterocycles. The molecule has 0 spiro atoms.